The van der Waals surface area contributed by atoms with Crippen molar-refractivity contribution in [1.29, 1.82) is 0 Å². The molecule has 2 fully saturated rings. The van der Waals surface area contributed by atoms with E-state index in [1.807, 2.05) is 17.1 Å². The molecule has 0 atom stereocenters. The number of rotatable bonds is 6. The minimum atomic E-state index is 0.432. The molecule has 6 heteroatoms. The second-order valence-electron chi connectivity index (χ2n) is 8.65. The molecule has 4 rings (SSSR count). The van der Waals surface area contributed by atoms with Crippen LogP contribution >= 0.6 is 11.6 Å². The minimum absolute atomic E-state index is 0.432. The van der Waals surface area contributed by atoms with Gasteiger partial charge in [0.25, 0.3) is 0 Å². The molecule has 2 saturated carbocycles. The van der Waals surface area contributed by atoms with Gasteiger partial charge in [-0.05, 0) is 64.5 Å². The Morgan fingerprint density at radius 3 is 2.59 bits per heavy atom. The van der Waals surface area contributed by atoms with Gasteiger partial charge in [-0.1, -0.05) is 23.4 Å². The fourth-order valence-corrected chi connectivity index (χ4v) is 4.16. The number of halogens is 1. The van der Waals surface area contributed by atoms with Crippen LogP contribution in [0.4, 0.5) is 0 Å². The highest BCUT2D eigenvalue weighted by Gasteiger charge is 2.24. The van der Waals surface area contributed by atoms with E-state index in [2.05, 4.69) is 40.9 Å². The summed E-state index contributed by atoms with van der Waals surface area (Å²) >= 11 is 6.11. The quantitative estimate of drug-likeness (QED) is 0.520. The van der Waals surface area contributed by atoms with Gasteiger partial charge < -0.3 is 9.64 Å². The molecular formula is C23H29ClN4O. The first-order valence-corrected chi connectivity index (χ1v) is 10.9. The van der Waals surface area contributed by atoms with Gasteiger partial charge in [0, 0.05) is 25.0 Å². The Balaban J connectivity index is 1.36. The molecule has 0 radical (unpaired) electrons. The van der Waals surface area contributed by atoms with Crippen LogP contribution in [0.15, 0.2) is 24.7 Å². The largest absolute Gasteiger partial charge is 0.492 e. The third-order valence-electron chi connectivity index (χ3n) is 5.76. The van der Waals surface area contributed by atoms with Crippen LogP contribution in [0.5, 0.6) is 5.75 Å². The fraction of sp³-hybridized carbons (Fsp3) is 0.565. The molecule has 29 heavy (non-hydrogen) atoms. The van der Waals surface area contributed by atoms with Crippen molar-refractivity contribution in [2.75, 3.05) is 27.2 Å². The van der Waals surface area contributed by atoms with Crippen LogP contribution in [0.3, 0.4) is 0 Å². The number of hydrogen-bond acceptors (Lipinski definition) is 4. The molecule has 0 amide bonds. The van der Waals surface area contributed by atoms with Crippen LogP contribution in [0.25, 0.3) is 0 Å². The van der Waals surface area contributed by atoms with Crippen molar-refractivity contribution >= 4 is 11.6 Å². The number of nitrogens with zero attached hydrogens (tertiary/aromatic N) is 4. The fourth-order valence-electron chi connectivity index (χ4n) is 4.01. The van der Waals surface area contributed by atoms with Gasteiger partial charge in [0.2, 0.25) is 0 Å². The average Bonchev–Trinajstić information content (AvgIpc) is 3.44. The number of aromatic nitrogens is 3. The van der Waals surface area contributed by atoms with E-state index in [4.69, 9.17) is 16.3 Å². The van der Waals surface area contributed by atoms with Gasteiger partial charge in [-0.25, -0.2) is 4.98 Å². The van der Waals surface area contributed by atoms with E-state index in [1.165, 1.54) is 45.1 Å². The number of pyridine rings is 1. The maximum atomic E-state index is 6.16. The maximum absolute atomic E-state index is 6.16. The molecule has 2 aliphatic rings. The van der Waals surface area contributed by atoms with Crippen LogP contribution in [0, 0.1) is 23.7 Å². The Hall–Kier alpha value is -2.03. The number of hydrogen-bond donors (Lipinski definition) is 0. The van der Waals surface area contributed by atoms with Gasteiger partial charge in [0.15, 0.2) is 0 Å². The molecule has 2 aliphatic carbocycles. The van der Waals surface area contributed by atoms with Gasteiger partial charge in [-0.15, -0.1) is 0 Å². The van der Waals surface area contributed by atoms with Gasteiger partial charge in [0.1, 0.15) is 10.9 Å². The van der Waals surface area contributed by atoms with E-state index >= 15 is 0 Å². The van der Waals surface area contributed by atoms with Crippen molar-refractivity contribution in [3.05, 3.63) is 40.9 Å². The molecular weight excluding hydrogens is 384 g/mol. The maximum Gasteiger partial charge on any atom is 0.139 e. The summed E-state index contributed by atoms with van der Waals surface area (Å²) < 4.78 is 8.17. The average molecular weight is 413 g/mol. The van der Waals surface area contributed by atoms with Gasteiger partial charge in [-0.3, -0.25) is 4.68 Å². The summed E-state index contributed by atoms with van der Waals surface area (Å²) in [5.41, 5.74) is 1.69. The lowest BCUT2D eigenvalue weighted by Crippen LogP contribution is -2.27. The first-order valence-electron chi connectivity index (χ1n) is 10.6. The number of ether oxygens (including phenoxy) is 1. The first-order chi connectivity index (χ1) is 14.1. The second-order valence-corrected chi connectivity index (χ2v) is 9.04. The Labute approximate surface area is 178 Å². The molecule has 154 valence electrons. The summed E-state index contributed by atoms with van der Waals surface area (Å²) in [5, 5.41) is 4.82. The zero-order valence-corrected chi connectivity index (χ0v) is 18.0. The highest BCUT2D eigenvalue weighted by Crippen LogP contribution is 2.34. The van der Waals surface area contributed by atoms with E-state index in [1.54, 1.807) is 12.3 Å². The highest BCUT2D eigenvalue weighted by atomic mass is 35.5. The summed E-state index contributed by atoms with van der Waals surface area (Å²) in [6, 6.07) is 2.34. The zero-order chi connectivity index (χ0) is 20.2. The summed E-state index contributed by atoms with van der Waals surface area (Å²) in [6.45, 7) is 1.90. The van der Waals surface area contributed by atoms with Crippen molar-refractivity contribution in [3.8, 4) is 17.6 Å². The molecule has 0 aliphatic heterocycles. The topological polar surface area (TPSA) is 43.2 Å². The van der Waals surface area contributed by atoms with Crippen LogP contribution in [0.2, 0.25) is 5.15 Å². The Morgan fingerprint density at radius 2 is 1.86 bits per heavy atom. The SMILES string of the molecule is CN(C)CC1CCC(COc2cc(Cl)ncc2C#Cc2cnn(C3CC3)c2)CC1. The smallest absolute Gasteiger partial charge is 0.139 e. The lowest BCUT2D eigenvalue weighted by atomic mass is 9.82. The van der Waals surface area contributed by atoms with Gasteiger partial charge >= 0.3 is 0 Å². The third kappa shape index (κ3) is 5.74. The predicted molar refractivity (Wildman–Crippen MR) is 115 cm³/mol. The lowest BCUT2D eigenvalue weighted by molar-refractivity contribution is 0.166. The van der Waals surface area contributed by atoms with Crippen molar-refractivity contribution in [1.82, 2.24) is 19.7 Å². The molecule has 2 aromatic rings. The summed E-state index contributed by atoms with van der Waals surface area (Å²) in [5.74, 6) is 8.51. The molecule has 0 unspecified atom stereocenters. The molecule has 0 spiro atoms. The zero-order valence-electron chi connectivity index (χ0n) is 17.3. The van der Waals surface area contributed by atoms with Crippen LogP contribution < -0.4 is 4.74 Å². The first kappa shape index (κ1) is 20.3. The second kappa shape index (κ2) is 9.19. The molecule has 0 N–H and O–H groups in total. The standard InChI is InChI=1S/C23H29ClN4O/c1-27(2)14-17-3-5-18(6-4-17)16-29-22-11-23(24)25-13-20(22)8-7-19-12-26-28(15-19)21-9-10-21/h11-13,15,17-18,21H,3-6,9-10,14,16H2,1-2H3. The van der Waals surface area contributed by atoms with Crippen LogP contribution in [0.1, 0.15) is 55.7 Å². The Morgan fingerprint density at radius 1 is 1.10 bits per heavy atom. The van der Waals surface area contributed by atoms with E-state index < -0.39 is 0 Å². The molecule has 0 aromatic carbocycles. The van der Waals surface area contributed by atoms with Crippen molar-refractivity contribution in [2.45, 2.75) is 44.6 Å². The van der Waals surface area contributed by atoms with Gasteiger partial charge in [-0.2, -0.15) is 5.10 Å². The summed E-state index contributed by atoms with van der Waals surface area (Å²) in [4.78, 5) is 6.48. The van der Waals surface area contributed by atoms with Crippen LogP contribution in [-0.2, 0) is 0 Å². The van der Waals surface area contributed by atoms with E-state index in [-0.39, 0.29) is 0 Å². The van der Waals surface area contributed by atoms with Crippen molar-refractivity contribution in [3.63, 3.8) is 0 Å². The van der Waals surface area contributed by atoms with E-state index in [9.17, 15) is 0 Å². The summed E-state index contributed by atoms with van der Waals surface area (Å²) in [6.07, 6.45) is 13.0. The monoisotopic (exact) mass is 412 g/mol. The van der Waals surface area contributed by atoms with Gasteiger partial charge in [0.05, 0.1) is 30.0 Å². The lowest BCUT2D eigenvalue weighted by Gasteiger charge is -2.30. The van der Waals surface area contributed by atoms with Crippen LogP contribution in [-0.4, -0.2) is 46.9 Å². The molecule has 5 nitrogen and oxygen atoms in total. The Bertz CT molecular complexity index is 886. The highest BCUT2D eigenvalue weighted by molar-refractivity contribution is 6.29. The minimum Gasteiger partial charge on any atom is -0.492 e. The summed E-state index contributed by atoms with van der Waals surface area (Å²) in [7, 11) is 4.31. The molecule has 0 saturated heterocycles. The Kier molecular flexibility index (Phi) is 6.42. The van der Waals surface area contributed by atoms with E-state index in [0.717, 1.165) is 22.8 Å². The molecule has 2 aromatic heterocycles. The third-order valence-corrected chi connectivity index (χ3v) is 5.97. The predicted octanol–water partition coefficient (Wildman–Crippen LogP) is 4.41. The van der Waals surface area contributed by atoms with E-state index in [0.29, 0.717) is 23.7 Å². The normalized spacial score (nSPS) is 21.7. The molecule has 0 bridgehead atoms. The van der Waals surface area contributed by atoms with Crippen molar-refractivity contribution in [2.24, 2.45) is 11.8 Å². The van der Waals surface area contributed by atoms with Crippen molar-refractivity contribution < 1.29 is 4.74 Å². The molecule has 2 heterocycles.